The van der Waals surface area contributed by atoms with Crippen LogP contribution in [0, 0.1) is 6.92 Å². The van der Waals surface area contributed by atoms with Crippen LogP contribution in [0.3, 0.4) is 0 Å². The number of hydrogen-bond donors (Lipinski definition) is 1. The molecule has 2 aromatic carbocycles. The fraction of sp³-hybridized carbons (Fsp3) is 0.263. The number of carbonyl (C=O) groups excluding carboxylic acids is 2. The van der Waals surface area contributed by atoms with E-state index in [0.29, 0.717) is 16.8 Å². The lowest BCUT2D eigenvalue weighted by Gasteiger charge is -2.20. The Morgan fingerprint density at radius 1 is 1.07 bits per heavy atom. The Labute approximate surface area is 159 Å². The molecule has 2 aromatic rings. The molecule has 0 aromatic heterocycles. The molecule has 27 heavy (non-hydrogen) atoms. The largest absolute Gasteiger partial charge is 0.462 e. The predicted molar refractivity (Wildman–Crippen MR) is 105 cm³/mol. The molecule has 0 saturated heterocycles. The van der Waals surface area contributed by atoms with E-state index in [-0.39, 0.29) is 17.9 Å². The molecule has 0 aliphatic rings. The smallest absolute Gasteiger partial charge is 0.338 e. The van der Waals surface area contributed by atoms with E-state index in [9.17, 15) is 18.0 Å². The molecule has 0 heterocycles. The minimum atomic E-state index is -3.53. The van der Waals surface area contributed by atoms with Crippen LogP contribution < -0.4 is 9.62 Å². The lowest BCUT2D eigenvalue weighted by Crippen LogP contribution is -2.27. The van der Waals surface area contributed by atoms with Gasteiger partial charge >= 0.3 is 5.97 Å². The van der Waals surface area contributed by atoms with Crippen molar-refractivity contribution in [2.45, 2.75) is 13.8 Å². The zero-order valence-electron chi connectivity index (χ0n) is 15.6. The van der Waals surface area contributed by atoms with Crippen molar-refractivity contribution >= 4 is 33.3 Å². The summed E-state index contributed by atoms with van der Waals surface area (Å²) < 4.78 is 29.7. The molecule has 0 spiro atoms. The molecule has 0 atom stereocenters. The van der Waals surface area contributed by atoms with Gasteiger partial charge in [-0.1, -0.05) is 18.2 Å². The van der Waals surface area contributed by atoms with Gasteiger partial charge < -0.3 is 10.1 Å². The second-order valence-electron chi connectivity index (χ2n) is 5.90. The zero-order chi connectivity index (χ0) is 20.2. The standard InChI is InChI=1S/C19H22N2O5S/c1-5-26-19(23)14-10-8-11-16(13(14)2)20-18(22)15-9-6-7-12-17(15)21(3)27(4,24)25/h6-12H,5H2,1-4H3,(H,20,22). The van der Waals surface area contributed by atoms with E-state index in [1.807, 2.05) is 0 Å². The van der Waals surface area contributed by atoms with E-state index < -0.39 is 21.9 Å². The number of rotatable bonds is 6. The number of hydrogen-bond acceptors (Lipinski definition) is 5. The molecule has 7 nitrogen and oxygen atoms in total. The van der Waals surface area contributed by atoms with Crippen LogP contribution in [-0.4, -0.2) is 40.2 Å². The molecule has 0 aliphatic carbocycles. The normalized spacial score (nSPS) is 11.0. The van der Waals surface area contributed by atoms with E-state index in [1.54, 1.807) is 50.2 Å². The Morgan fingerprint density at radius 2 is 1.70 bits per heavy atom. The summed E-state index contributed by atoms with van der Waals surface area (Å²) in [5, 5.41) is 2.74. The fourth-order valence-electron chi connectivity index (χ4n) is 2.51. The van der Waals surface area contributed by atoms with Crippen molar-refractivity contribution in [3.05, 3.63) is 59.2 Å². The summed E-state index contributed by atoms with van der Waals surface area (Å²) in [5.74, 6) is -0.950. The molecular weight excluding hydrogens is 368 g/mol. The molecule has 0 radical (unpaired) electrons. The second kappa shape index (κ2) is 8.22. The molecule has 8 heteroatoms. The van der Waals surface area contributed by atoms with E-state index in [2.05, 4.69) is 5.32 Å². The van der Waals surface area contributed by atoms with Crippen LogP contribution in [0.25, 0.3) is 0 Å². The fourth-order valence-corrected chi connectivity index (χ4v) is 3.03. The highest BCUT2D eigenvalue weighted by molar-refractivity contribution is 7.92. The van der Waals surface area contributed by atoms with Crippen LogP contribution in [0.5, 0.6) is 0 Å². The third kappa shape index (κ3) is 4.65. The first-order chi connectivity index (χ1) is 12.7. The highest BCUT2D eigenvalue weighted by Gasteiger charge is 2.20. The predicted octanol–water partition coefficient (Wildman–Crippen LogP) is 2.82. The van der Waals surface area contributed by atoms with Gasteiger partial charge in [-0.05, 0) is 43.7 Å². The van der Waals surface area contributed by atoms with Crippen LogP contribution in [0.1, 0.15) is 33.2 Å². The average Bonchev–Trinajstić information content (AvgIpc) is 2.62. The number of para-hydroxylation sites is 1. The maximum absolute atomic E-state index is 12.8. The summed E-state index contributed by atoms with van der Waals surface area (Å²) in [5.41, 5.74) is 1.83. The Morgan fingerprint density at radius 3 is 2.33 bits per heavy atom. The van der Waals surface area contributed by atoms with Crippen molar-refractivity contribution in [2.24, 2.45) is 0 Å². The van der Waals surface area contributed by atoms with Crippen molar-refractivity contribution in [2.75, 3.05) is 29.5 Å². The lowest BCUT2D eigenvalue weighted by atomic mass is 10.1. The SMILES string of the molecule is CCOC(=O)c1cccc(NC(=O)c2ccccc2N(C)S(C)(=O)=O)c1C. The number of amides is 1. The van der Waals surface area contributed by atoms with Gasteiger partial charge in [-0.25, -0.2) is 13.2 Å². The van der Waals surface area contributed by atoms with Crippen molar-refractivity contribution < 1.29 is 22.7 Å². The van der Waals surface area contributed by atoms with Crippen LogP contribution in [0.2, 0.25) is 0 Å². The van der Waals surface area contributed by atoms with E-state index >= 15 is 0 Å². The van der Waals surface area contributed by atoms with Crippen LogP contribution in [0.15, 0.2) is 42.5 Å². The monoisotopic (exact) mass is 390 g/mol. The van der Waals surface area contributed by atoms with E-state index in [0.717, 1.165) is 10.6 Å². The number of esters is 1. The highest BCUT2D eigenvalue weighted by atomic mass is 32.2. The molecule has 0 bridgehead atoms. The average molecular weight is 390 g/mol. The zero-order valence-corrected chi connectivity index (χ0v) is 16.5. The van der Waals surface area contributed by atoms with Gasteiger partial charge in [0.15, 0.2) is 0 Å². The number of nitrogens with zero attached hydrogens (tertiary/aromatic N) is 1. The molecular formula is C19H22N2O5S. The Bertz CT molecular complexity index is 970. The van der Waals surface area contributed by atoms with Gasteiger partial charge in [0.2, 0.25) is 10.0 Å². The molecule has 0 saturated carbocycles. The Balaban J connectivity index is 2.37. The molecule has 1 N–H and O–H groups in total. The number of carbonyl (C=O) groups is 2. The first-order valence-corrected chi connectivity index (χ1v) is 10.1. The maximum Gasteiger partial charge on any atom is 0.338 e. The van der Waals surface area contributed by atoms with Gasteiger partial charge in [0.25, 0.3) is 5.91 Å². The van der Waals surface area contributed by atoms with Crippen molar-refractivity contribution in [1.29, 1.82) is 0 Å². The van der Waals surface area contributed by atoms with Gasteiger partial charge in [0, 0.05) is 12.7 Å². The van der Waals surface area contributed by atoms with E-state index in [4.69, 9.17) is 4.74 Å². The topological polar surface area (TPSA) is 92.8 Å². The molecule has 0 aliphatic heterocycles. The van der Waals surface area contributed by atoms with Gasteiger partial charge in [0.1, 0.15) is 0 Å². The molecule has 2 rings (SSSR count). The molecule has 0 fully saturated rings. The number of anilines is 2. The Kier molecular flexibility index (Phi) is 6.22. The van der Waals surface area contributed by atoms with Crippen molar-refractivity contribution in [3.63, 3.8) is 0 Å². The summed E-state index contributed by atoms with van der Waals surface area (Å²) in [4.78, 5) is 24.8. The minimum Gasteiger partial charge on any atom is -0.462 e. The summed E-state index contributed by atoms with van der Waals surface area (Å²) in [6, 6.07) is 11.3. The van der Waals surface area contributed by atoms with Crippen molar-refractivity contribution in [1.82, 2.24) is 0 Å². The quantitative estimate of drug-likeness (QED) is 0.766. The minimum absolute atomic E-state index is 0.200. The van der Waals surface area contributed by atoms with Gasteiger partial charge in [-0.15, -0.1) is 0 Å². The van der Waals surface area contributed by atoms with Crippen LogP contribution in [-0.2, 0) is 14.8 Å². The van der Waals surface area contributed by atoms with Crippen LogP contribution in [0.4, 0.5) is 11.4 Å². The summed E-state index contributed by atoms with van der Waals surface area (Å²) in [7, 11) is -2.14. The first-order valence-electron chi connectivity index (χ1n) is 8.27. The van der Waals surface area contributed by atoms with Gasteiger partial charge in [-0.3, -0.25) is 9.10 Å². The van der Waals surface area contributed by atoms with Crippen LogP contribution >= 0.6 is 0 Å². The third-order valence-electron chi connectivity index (χ3n) is 4.06. The maximum atomic E-state index is 12.8. The summed E-state index contributed by atoms with van der Waals surface area (Å²) in [6.45, 7) is 3.67. The highest BCUT2D eigenvalue weighted by Crippen LogP contribution is 2.25. The van der Waals surface area contributed by atoms with E-state index in [1.165, 1.54) is 13.1 Å². The number of nitrogens with one attached hydrogen (secondary N) is 1. The molecule has 0 unspecified atom stereocenters. The summed E-state index contributed by atoms with van der Waals surface area (Å²) >= 11 is 0. The molecule has 144 valence electrons. The summed E-state index contributed by atoms with van der Waals surface area (Å²) in [6.07, 6.45) is 1.06. The Hall–Kier alpha value is -2.87. The number of benzene rings is 2. The van der Waals surface area contributed by atoms with Gasteiger partial charge in [-0.2, -0.15) is 0 Å². The lowest BCUT2D eigenvalue weighted by molar-refractivity contribution is 0.0525. The number of ether oxygens (including phenoxy) is 1. The number of sulfonamides is 1. The first kappa shape index (κ1) is 20.4. The molecule has 1 amide bonds. The van der Waals surface area contributed by atoms with Gasteiger partial charge in [0.05, 0.1) is 29.7 Å². The van der Waals surface area contributed by atoms with Crippen molar-refractivity contribution in [3.8, 4) is 0 Å². The third-order valence-corrected chi connectivity index (χ3v) is 5.25. The second-order valence-corrected chi connectivity index (χ2v) is 7.91.